The zero-order valence-corrected chi connectivity index (χ0v) is 28.3. The summed E-state index contributed by atoms with van der Waals surface area (Å²) in [5, 5.41) is 10.8. The second-order valence-corrected chi connectivity index (χ2v) is 14.9. The number of Topliss-reactive ketones (excluding diaryl/α,β-unsaturated/α-hetero) is 1. The average molecular weight is 695 g/mol. The van der Waals surface area contributed by atoms with Crippen molar-refractivity contribution in [3.05, 3.63) is 112 Å². The molecule has 3 aliphatic carbocycles. The molecule has 1 saturated heterocycles. The summed E-state index contributed by atoms with van der Waals surface area (Å²) >= 11 is 3.49. The molecule has 3 aromatic rings. The van der Waals surface area contributed by atoms with E-state index in [0.717, 1.165) is 5.57 Å². The molecular formula is C39H36BrNO6. The van der Waals surface area contributed by atoms with E-state index in [2.05, 4.69) is 15.9 Å². The summed E-state index contributed by atoms with van der Waals surface area (Å²) in [5.41, 5.74) is 1.17. The molecule has 4 aliphatic rings. The predicted molar refractivity (Wildman–Crippen MR) is 181 cm³/mol. The summed E-state index contributed by atoms with van der Waals surface area (Å²) < 4.78 is 5.95. The van der Waals surface area contributed by atoms with Crippen LogP contribution in [0.2, 0.25) is 0 Å². The standard InChI is InChI=1S/C39H36BrNO6/c1-38(2,3)41-36(45)25-16-15-24-27(32(25)37(41)46)19-28-34(43)26(21-11-7-5-8-12-21)20-31(42)39(28,23-13-9-6-10-14-23)33(24)22-17-29(40)35(44)30(18-22)47-4/h5-15,17-18,20,25,27-28,32-33,44H,16,19H2,1-4H3/t25-,27+,28-,32-,33-,39-/m0/s1. The number of carbonyl (C=O) groups is 4. The van der Waals surface area contributed by atoms with Gasteiger partial charge in [-0.15, -0.1) is 0 Å². The van der Waals surface area contributed by atoms with E-state index in [9.17, 15) is 19.5 Å². The molecule has 7 rings (SSSR count). The van der Waals surface area contributed by atoms with E-state index in [0.29, 0.717) is 33.2 Å². The lowest BCUT2D eigenvalue weighted by atomic mass is 9.44. The van der Waals surface area contributed by atoms with E-state index in [1.54, 1.807) is 12.1 Å². The maximum Gasteiger partial charge on any atom is 0.234 e. The maximum atomic E-state index is 15.1. The fourth-order valence-corrected chi connectivity index (χ4v) is 9.29. The Morgan fingerprint density at radius 2 is 1.57 bits per heavy atom. The molecule has 8 heteroatoms. The molecule has 0 bridgehead atoms. The molecule has 240 valence electrons. The molecule has 1 N–H and O–H groups in total. The van der Waals surface area contributed by atoms with Gasteiger partial charge in [-0.1, -0.05) is 72.3 Å². The minimum absolute atomic E-state index is 0.0821. The maximum absolute atomic E-state index is 15.1. The largest absolute Gasteiger partial charge is 0.503 e. The van der Waals surface area contributed by atoms with Crippen LogP contribution in [0.5, 0.6) is 11.5 Å². The van der Waals surface area contributed by atoms with Gasteiger partial charge in [-0.2, -0.15) is 0 Å². The normalized spacial score (nSPS) is 28.7. The Kier molecular flexibility index (Phi) is 7.43. The molecule has 0 aromatic heterocycles. The quantitative estimate of drug-likeness (QED) is 0.239. The number of fused-ring (bicyclic) bond motifs is 4. The van der Waals surface area contributed by atoms with Crippen LogP contribution in [0.15, 0.2) is 95.0 Å². The van der Waals surface area contributed by atoms with Crippen LogP contribution in [0.1, 0.15) is 56.2 Å². The highest BCUT2D eigenvalue weighted by molar-refractivity contribution is 9.10. The third-order valence-electron chi connectivity index (χ3n) is 10.6. The van der Waals surface area contributed by atoms with Gasteiger partial charge in [0.25, 0.3) is 0 Å². The van der Waals surface area contributed by atoms with E-state index >= 15 is 4.79 Å². The molecule has 6 atom stereocenters. The van der Waals surface area contributed by atoms with Gasteiger partial charge in [0.05, 0.1) is 28.8 Å². The number of halogens is 1. The highest BCUT2D eigenvalue weighted by Crippen LogP contribution is 2.64. The van der Waals surface area contributed by atoms with E-state index < -0.39 is 40.5 Å². The number of carbonyl (C=O) groups excluding carboxylic acids is 4. The third-order valence-corrected chi connectivity index (χ3v) is 11.3. The first kappa shape index (κ1) is 31.3. The van der Waals surface area contributed by atoms with Crippen molar-refractivity contribution < 1.29 is 29.0 Å². The van der Waals surface area contributed by atoms with Crippen LogP contribution in [0.4, 0.5) is 0 Å². The number of nitrogens with zero attached hydrogens (tertiary/aromatic N) is 1. The first-order valence-electron chi connectivity index (χ1n) is 16.0. The minimum Gasteiger partial charge on any atom is -0.503 e. The van der Waals surface area contributed by atoms with Gasteiger partial charge < -0.3 is 9.84 Å². The summed E-state index contributed by atoms with van der Waals surface area (Å²) in [6, 6.07) is 22.1. The number of rotatable bonds is 4. The van der Waals surface area contributed by atoms with Gasteiger partial charge in [-0.3, -0.25) is 24.1 Å². The van der Waals surface area contributed by atoms with Crippen LogP contribution in [-0.2, 0) is 24.6 Å². The summed E-state index contributed by atoms with van der Waals surface area (Å²) in [6.45, 7) is 5.58. The summed E-state index contributed by atoms with van der Waals surface area (Å²) in [4.78, 5) is 59.6. The topological polar surface area (TPSA) is 101 Å². The van der Waals surface area contributed by atoms with Crippen LogP contribution < -0.4 is 4.74 Å². The molecule has 2 fully saturated rings. The number of hydrogen-bond acceptors (Lipinski definition) is 6. The fourth-order valence-electron chi connectivity index (χ4n) is 8.83. The van der Waals surface area contributed by atoms with Crippen molar-refractivity contribution in [1.29, 1.82) is 0 Å². The van der Waals surface area contributed by atoms with E-state index in [-0.39, 0.29) is 41.3 Å². The highest BCUT2D eigenvalue weighted by Gasteiger charge is 2.66. The van der Waals surface area contributed by atoms with Crippen LogP contribution in [0.3, 0.4) is 0 Å². The van der Waals surface area contributed by atoms with Crippen molar-refractivity contribution in [2.45, 2.75) is 50.5 Å². The highest BCUT2D eigenvalue weighted by atomic mass is 79.9. The second kappa shape index (κ2) is 11.2. The number of hydrogen-bond donors (Lipinski definition) is 1. The van der Waals surface area contributed by atoms with E-state index in [1.165, 1.54) is 18.1 Å². The number of allylic oxidation sites excluding steroid dienone is 4. The molecule has 1 saturated carbocycles. The van der Waals surface area contributed by atoms with Gasteiger partial charge in [-0.25, -0.2) is 0 Å². The Labute approximate surface area is 282 Å². The molecule has 47 heavy (non-hydrogen) atoms. The molecule has 0 unspecified atom stereocenters. The van der Waals surface area contributed by atoms with Crippen molar-refractivity contribution in [3.63, 3.8) is 0 Å². The van der Waals surface area contributed by atoms with Crippen LogP contribution >= 0.6 is 15.9 Å². The lowest BCUT2D eigenvalue weighted by Gasteiger charge is -2.55. The number of likely N-dealkylation sites (tertiary alicyclic amines) is 1. The smallest absolute Gasteiger partial charge is 0.234 e. The van der Waals surface area contributed by atoms with Crippen LogP contribution in [0.25, 0.3) is 5.57 Å². The summed E-state index contributed by atoms with van der Waals surface area (Å²) in [6.07, 6.45) is 4.12. The summed E-state index contributed by atoms with van der Waals surface area (Å²) in [7, 11) is 1.46. The van der Waals surface area contributed by atoms with Gasteiger partial charge in [0.2, 0.25) is 11.8 Å². The van der Waals surface area contributed by atoms with Gasteiger partial charge in [-0.05, 0) is 90.4 Å². The van der Waals surface area contributed by atoms with Gasteiger partial charge in [0, 0.05) is 22.9 Å². The monoisotopic (exact) mass is 693 g/mol. The number of ketones is 2. The SMILES string of the molecule is COc1cc([C@H]2C3=CC[C@@H]4C(=O)N(C(C)(C)C)C(=O)[C@@H]4[C@@H]3C[C@H]3C(=O)C(c4ccccc4)=CC(=O)[C@@]23c2ccccc2)cc(Br)c1O. The minimum atomic E-state index is -1.36. The zero-order valence-electron chi connectivity index (χ0n) is 26.7. The predicted octanol–water partition coefficient (Wildman–Crippen LogP) is 6.79. The molecule has 7 nitrogen and oxygen atoms in total. The number of phenolic OH excluding ortho intramolecular Hbond substituents is 1. The number of methoxy groups -OCH3 is 1. The zero-order chi connectivity index (χ0) is 33.4. The fraction of sp³-hybridized carbons (Fsp3) is 0.333. The Balaban J connectivity index is 1.53. The van der Waals surface area contributed by atoms with E-state index in [4.69, 9.17) is 4.74 Å². The Bertz CT molecular complexity index is 1890. The third kappa shape index (κ3) is 4.51. The second-order valence-electron chi connectivity index (χ2n) is 14.0. The number of imide groups is 1. The summed E-state index contributed by atoms with van der Waals surface area (Å²) in [5.74, 6) is -3.86. The first-order valence-corrected chi connectivity index (χ1v) is 16.8. The molecule has 1 aliphatic heterocycles. The Hall–Kier alpha value is -4.30. The molecule has 1 heterocycles. The lowest BCUT2D eigenvalue weighted by Crippen LogP contribution is -2.59. The molecule has 0 radical (unpaired) electrons. The Morgan fingerprint density at radius 3 is 2.21 bits per heavy atom. The Morgan fingerprint density at radius 1 is 0.915 bits per heavy atom. The molecule has 2 amide bonds. The number of amides is 2. The van der Waals surface area contributed by atoms with Crippen molar-refractivity contribution in [2.75, 3.05) is 7.11 Å². The number of aromatic hydroxyl groups is 1. The number of ether oxygens (including phenoxy) is 1. The average Bonchev–Trinajstić information content (AvgIpc) is 3.33. The van der Waals surface area contributed by atoms with E-state index in [1.807, 2.05) is 87.5 Å². The van der Waals surface area contributed by atoms with Gasteiger partial charge >= 0.3 is 0 Å². The van der Waals surface area contributed by atoms with Gasteiger partial charge in [0.15, 0.2) is 23.1 Å². The van der Waals surface area contributed by atoms with Crippen LogP contribution in [0, 0.1) is 23.7 Å². The van der Waals surface area contributed by atoms with Gasteiger partial charge in [0.1, 0.15) is 0 Å². The molecular weight excluding hydrogens is 658 g/mol. The number of phenols is 1. The van der Waals surface area contributed by atoms with Crippen LogP contribution in [-0.4, -0.2) is 46.0 Å². The molecule has 0 spiro atoms. The van der Waals surface area contributed by atoms with Crippen molar-refractivity contribution in [1.82, 2.24) is 4.90 Å². The van der Waals surface area contributed by atoms with Crippen molar-refractivity contribution >= 4 is 44.9 Å². The van der Waals surface area contributed by atoms with Crippen molar-refractivity contribution in [2.24, 2.45) is 23.7 Å². The molecule has 3 aromatic carbocycles. The lowest BCUT2D eigenvalue weighted by molar-refractivity contribution is -0.145. The van der Waals surface area contributed by atoms with Crippen molar-refractivity contribution in [3.8, 4) is 11.5 Å². The number of benzene rings is 3. The first-order chi connectivity index (χ1) is 22.4.